The summed E-state index contributed by atoms with van der Waals surface area (Å²) in [5.74, 6) is 0.00366. The van der Waals surface area contributed by atoms with Crippen LogP contribution in [-0.2, 0) is 4.74 Å². The van der Waals surface area contributed by atoms with Crippen molar-refractivity contribution in [2.24, 2.45) is 16.5 Å². The lowest BCUT2D eigenvalue weighted by molar-refractivity contribution is 0.0114. The number of hydrogen-bond donors (Lipinski definition) is 3. The van der Waals surface area contributed by atoms with Crippen molar-refractivity contribution in [3.63, 3.8) is 0 Å². The summed E-state index contributed by atoms with van der Waals surface area (Å²) < 4.78 is 5.34. The molecule has 12 heavy (non-hydrogen) atoms. The molecule has 1 rings (SSSR count). The minimum absolute atomic E-state index is 0.00366. The topological polar surface area (TPSA) is 93.9 Å². The van der Waals surface area contributed by atoms with Crippen LogP contribution in [0.1, 0.15) is 19.8 Å². The minimum atomic E-state index is -0.442. The molecule has 1 heterocycles. The molecule has 0 spiro atoms. The van der Waals surface area contributed by atoms with Gasteiger partial charge in [-0.3, -0.25) is 0 Å². The zero-order valence-electron chi connectivity index (χ0n) is 7.10. The number of aliphatic hydroxyl groups excluding tert-OH is 1. The zero-order valence-corrected chi connectivity index (χ0v) is 7.10. The number of aliphatic imine (C=N–C) groups is 1. The van der Waals surface area contributed by atoms with Crippen molar-refractivity contribution in [3.8, 4) is 0 Å². The van der Waals surface area contributed by atoms with Crippen LogP contribution in [0.4, 0.5) is 0 Å². The smallest absolute Gasteiger partial charge is 0.188 e. The van der Waals surface area contributed by atoms with Crippen molar-refractivity contribution < 1.29 is 9.84 Å². The lowest BCUT2D eigenvalue weighted by atomic mass is 10.1. The number of aliphatic hydroxyl groups is 1. The number of nitrogens with two attached hydrogens (primary N) is 2. The van der Waals surface area contributed by atoms with Gasteiger partial charge in [0.1, 0.15) is 0 Å². The highest BCUT2D eigenvalue weighted by Crippen LogP contribution is 2.22. The molecule has 3 atom stereocenters. The Bertz CT molecular complexity index is 179. The van der Waals surface area contributed by atoms with E-state index in [1.54, 1.807) is 0 Å². The van der Waals surface area contributed by atoms with Gasteiger partial charge in [-0.15, -0.1) is 0 Å². The number of nitrogens with zero attached hydrogens (tertiary/aromatic N) is 1. The summed E-state index contributed by atoms with van der Waals surface area (Å²) in [4.78, 5) is 3.82. The molecule has 5 heteroatoms. The van der Waals surface area contributed by atoms with Gasteiger partial charge in [0.2, 0.25) is 0 Å². The third-order valence-corrected chi connectivity index (χ3v) is 1.90. The summed E-state index contributed by atoms with van der Waals surface area (Å²) in [6.45, 7) is 1.95. The maximum atomic E-state index is 9.40. The van der Waals surface area contributed by atoms with E-state index in [2.05, 4.69) is 4.99 Å². The largest absolute Gasteiger partial charge is 0.390 e. The number of hydrogen-bond acceptors (Lipinski definition) is 3. The van der Waals surface area contributed by atoms with E-state index in [-0.39, 0.29) is 18.3 Å². The van der Waals surface area contributed by atoms with Crippen LogP contribution >= 0.6 is 0 Å². The van der Waals surface area contributed by atoms with Gasteiger partial charge in [0.05, 0.1) is 12.2 Å². The molecule has 0 saturated carbocycles. The van der Waals surface area contributed by atoms with Crippen LogP contribution < -0.4 is 11.5 Å². The molecule has 0 aromatic rings. The first-order valence-electron chi connectivity index (χ1n) is 4.05. The van der Waals surface area contributed by atoms with E-state index in [1.807, 2.05) is 6.92 Å². The second-order valence-electron chi connectivity index (χ2n) is 2.89. The fourth-order valence-electron chi connectivity index (χ4n) is 1.32. The highest BCUT2D eigenvalue weighted by Gasteiger charge is 2.32. The molecule has 0 amide bonds. The molecule has 0 bridgehead atoms. The molecule has 0 aromatic heterocycles. The second kappa shape index (κ2) is 3.73. The van der Waals surface area contributed by atoms with E-state index in [9.17, 15) is 5.11 Å². The van der Waals surface area contributed by atoms with Crippen molar-refractivity contribution in [2.45, 2.75) is 38.2 Å². The summed E-state index contributed by atoms with van der Waals surface area (Å²) in [5, 5.41) is 9.40. The fraction of sp³-hybridized carbons (Fsp3) is 0.857. The number of rotatable bonds is 2. The summed E-state index contributed by atoms with van der Waals surface area (Å²) in [6.07, 6.45) is 0.324. The molecule has 0 aromatic carbocycles. The standard InChI is InChI=1S/C7H15N3O2/c1-2-5-4(11)3-6(12-5)10-7(8)9/h4-6,11H,2-3H2,1H3,(H4,8,9,10)/t4-,5?,6?/m1/s1. The van der Waals surface area contributed by atoms with Crippen LogP contribution in [0.5, 0.6) is 0 Å². The summed E-state index contributed by atoms with van der Waals surface area (Å²) in [7, 11) is 0. The fourth-order valence-corrected chi connectivity index (χ4v) is 1.32. The third kappa shape index (κ3) is 2.09. The Balaban J connectivity index is 2.48. The third-order valence-electron chi connectivity index (χ3n) is 1.90. The molecule has 1 aliphatic heterocycles. The van der Waals surface area contributed by atoms with E-state index in [0.29, 0.717) is 6.42 Å². The van der Waals surface area contributed by atoms with Crippen LogP contribution in [0.25, 0.3) is 0 Å². The average Bonchev–Trinajstić information content (AvgIpc) is 2.29. The average molecular weight is 173 g/mol. The summed E-state index contributed by atoms with van der Waals surface area (Å²) in [5.41, 5.74) is 10.3. The van der Waals surface area contributed by atoms with Gasteiger partial charge < -0.3 is 21.3 Å². The van der Waals surface area contributed by atoms with E-state index < -0.39 is 6.10 Å². The van der Waals surface area contributed by atoms with E-state index in [4.69, 9.17) is 16.2 Å². The van der Waals surface area contributed by atoms with Crippen LogP contribution in [0.3, 0.4) is 0 Å². The van der Waals surface area contributed by atoms with Gasteiger partial charge in [-0.25, -0.2) is 4.99 Å². The van der Waals surface area contributed by atoms with Gasteiger partial charge in [0, 0.05) is 6.42 Å². The van der Waals surface area contributed by atoms with E-state index >= 15 is 0 Å². The Hall–Kier alpha value is -0.810. The van der Waals surface area contributed by atoms with Gasteiger partial charge >= 0.3 is 0 Å². The molecular formula is C7H15N3O2. The SMILES string of the molecule is CCC1OC(N=C(N)N)C[C@H]1O. The normalized spacial score (nSPS) is 35.0. The monoisotopic (exact) mass is 173 g/mol. The van der Waals surface area contributed by atoms with Crippen LogP contribution in [0.2, 0.25) is 0 Å². The molecule has 70 valence electrons. The quantitative estimate of drug-likeness (QED) is 0.374. The Labute approximate surface area is 71.4 Å². The van der Waals surface area contributed by atoms with E-state index in [0.717, 1.165) is 6.42 Å². The first kappa shape index (κ1) is 9.28. The maximum absolute atomic E-state index is 9.40. The predicted octanol–water partition coefficient (Wildman–Crippen LogP) is -0.854. The Morgan fingerprint density at radius 2 is 2.33 bits per heavy atom. The zero-order chi connectivity index (χ0) is 9.14. The Kier molecular flexibility index (Phi) is 2.88. The minimum Gasteiger partial charge on any atom is -0.390 e. The molecule has 0 radical (unpaired) electrons. The summed E-state index contributed by atoms with van der Waals surface area (Å²) in [6, 6.07) is 0. The number of guanidine groups is 1. The molecule has 1 fully saturated rings. The Morgan fingerprint density at radius 1 is 1.67 bits per heavy atom. The molecule has 5 nitrogen and oxygen atoms in total. The molecule has 5 N–H and O–H groups in total. The van der Waals surface area contributed by atoms with Gasteiger partial charge in [0.25, 0.3) is 0 Å². The van der Waals surface area contributed by atoms with E-state index in [1.165, 1.54) is 0 Å². The maximum Gasteiger partial charge on any atom is 0.188 e. The predicted molar refractivity (Wildman–Crippen MR) is 45.4 cm³/mol. The number of ether oxygens (including phenoxy) is 1. The highest BCUT2D eigenvalue weighted by molar-refractivity contribution is 5.75. The van der Waals surface area contributed by atoms with Gasteiger partial charge in [-0.2, -0.15) is 0 Å². The van der Waals surface area contributed by atoms with Crippen molar-refractivity contribution in [1.29, 1.82) is 0 Å². The van der Waals surface area contributed by atoms with Crippen molar-refractivity contribution in [3.05, 3.63) is 0 Å². The second-order valence-corrected chi connectivity index (χ2v) is 2.89. The Morgan fingerprint density at radius 3 is 2.75 bits per heavy atom. The molecule has 0 aliphatic carbocycles. The highest BCUT2D eigenvalue weighted by atomic mass is 16.5. The summed E-state index contributed by atoms with van der Waals surface area (Å²) >= 11 is 0. The van der Waals surface area contributed by atoms with Crippen LogP contribution in [0, 0.1) is 0 Å². The van der Waals surface area contributed by atoms with Gasteiger partial charge in [-0.05, 0) is 6.42 Å². The van der Waals surface area contributed by atoms with Crippen molar-refractivity contribution in [2.75, 3.05) is 0 Å². The molecule has 1 saturated heterocycles. The van der Waals surface area contributed by atoms with Crippen LogP contribution in [-0.4, -0.2) is 29.5 Å². The van der Waals surface area contributed by atoms with Crippen molar-refractivity contribution in [1.82, 2.24) is 0 Å². The van der Waals surface area contributed by atoms with Gasteiger partial charge in [0.15, 0.2) is 12.2 Å². The molecule has 1 aliphatic rings. The molecule has 2 unspecified atom stereocenters. The first-order valence-corrected chi connectivity index (χ1v) is 4.05. The van der Waals surface area contributed by atoms with Crippen molar-refractivity contribution >= 4 is 5.96 Å². The molecular weight excluding hydrogens is 158 g/mol. The van der Waals surface area contributed by atoms with Crippen LogP contribution in [0.15, 0.2) is 4.99 Å². The first-order chi connectivity index (χ1) is 5.63. The lowest BCUT2D eigenvalue weighted by Gasteiger charge is -2.09. The van der Waals surface area contributed by atoms with Gasteiger partial charge in [-0.1, -0.05) is 6.92 Å². The lowest BCUT2D eigenvalue weighted by Crippen LogP contribution is -2.25.